The number of allylic oxidation sites excluding steroid dienone is 1. The van der Waals surface area contributed by atoms with Crippen molar-refractivity contribution in [2.24, 2.45) is 11.3 Å². The van der Waals surface area contributed by atoms with Crippen LogP contribution in [-0.4, -0.2) is 6.10 Å². The molecule has 2 aliphatic carbocycles. The van der Waals surface area contributed by atoms with Crippen LogP contribution in [0.2, 0.25) is 0 Å². The Hall–Kier alpha value is -0.860. The smallest absolute Gasteiger partial charge is 0.155 e. The highest BCUT2D eigenvalue weighted by atomic mass is 16.7. The van der Waals surface area contributed by atoms with E-state index in [4.69, 9.17) is 4.84 Å². The molecule has 66 valence electrons. The van der Waals surface area contributed by atoms with Crippen LogP contribution in [0.1, 0.15) is 32.1 Å². The molecule has 0 aromatic heterocycles. The van der Waals surface area contributed by atoms with E-state index in [1.54, 1.807) is 0 Å². The minimum atomic E-state index is 0.0665. The normalized spacial score (nSPS) is 33.8. The standard InChI is InChI=1S/C9H13NO2/c11-10-12-9-5-7-3-1-2-4-8(7)6-9/h3,8-9H,1-2,4-6H2. The molecule has 2 aliphatic rings. The predicted molar refractivity (Wildman–Crippen MR) is 45.3 cm³/mol. The molecule has 0 aliphatic heterocycles. The summed E-state index contributed by atoms with van der Waals surface area (Å²) in [6, 6.07) is 0. The Labute approximate surface area is 71.7 Å². The Balaban J connectivity index is 1.99. The van der Waals surface area contributed by atoms with Crippen molar-refractivity contribution in [1.82, 2.24) is 0 Å². The Kier molecular flexibility index (Phi) is 2.11. The van der Waals surface area contributed by atoms with Crippen LogP contribution in [0.25, 0.3) is 0 Å². The van der Waals surface area contributed by atoms with Crippen molar-refractivity contribution in [3.63, 3.8) is 0 Å². The van der Waals surface area contributed by atoms with Crippen LogP contribution in [-0.2, 0) is 4.84 Å². The molecule has 1 fully saturated rings. The third kappa shape index (κ3) is 1.36. The number of nitrogens with zero attached hydrogens (tertiary/aromatic N) is 1. The summed E-state index contributed by atoms with van der Waals surface area (Å²) in [5, 5.41) is 2.50. The van der Waals surface area contributed by atoms with Crippen LogP contribution in [0, 0.1) is 10.8 Å². The Morgan fingerprint density at radius 2 is 2.50 bits per heavy atom. The minimum Gasteiger partial charge on any atom is -0.360 e. The van der Waals surface area contributed by atoms with E-state index in [1.807, 2.05) is 0 Å². The van der Waals surface area contributed by atoms with Gasteiger partial charge in [0.05, 0.1) is 0 Å². The van der Waals surface area contributed by atoms with Gasteiger partial charge in [-0.2, -0.15) is 0 Å². The first-order valence-electron chi connectivity index (χ1n) is 4.57. The topological polar surface area (TPSA) is 38.7 Å². The quantitative estimate of drug-likeness (QED) is 0.360. The molecule has 0 amide bonds. The number of hydrogen-bond donors (Lipinski definition) is 0. The lowest BCUT2D eigenvalue weighted by Gasteiger charge is -2.15. The monoisotopic (exact) mass is 167 g/mol. The summed E-state index contributed by atoms with van der Waals surface area (Å²) >= 11 is 0. The maximum absolute atomic E-state index is 9.87. The molecular weight excluding hydrogens is 154 g/mol. The Bertz CT molecular complexity index is 213. The average molecular weight is 167 g/mol. The van der Waals surface area contributed by atoms with E-state index in [1.165, 1.54) is 24.8 Å². The van der Waals surface area contributed by atoms with Crippen LogP contribution >= 0.6 is 0 Å². The van der Waals surface area contributed by atoms with Gasteiger partial charge in [0.2, 0.25) is 0 Å². The second kappa shape index (κ2) is 3.25. The lowest BCUT2D eigenvalue weighted by atomic mass is 9.90. The zero-order valence-corrected chi connectivity index (χ0v) is 7.03. The first-order valence-corrected chi connectivity index (χ1v) is 4.57. The van der Waals surface area contributed by atoms with Gasteiger partial charge in [0.25, 0.3) is 0 Å². The molecule has 0 bridgehead atoms. The van der Waals surface area contributed by atoms with Gasteiger partial charge in [-0.25, -0.2) is 0 Å². The van der Waals surface area contributed by atoms with Gasteiger partial charge < -0.3 is 4.84 Å². The van der Waals surface area contributed by atoms with Crippen LogP contribution in [0.3, 0.4) is 0 Å². The molecule has 0 heterocycles. The van der Waals surface area contributed by atoms with E-state index < -0.39 is 0 Å². The van der Waals surface area contributed by atoms with Gasteiger partial charge in [-0.1, -0.05) is 11.6 Å². The maximum Gasteiger partial charge on any atom is 0.155 e. The van der Waals surface area contributed by atoms with Gasteiger partial charge in [0, 0.05) is 6.42 Å². The summed E-state index contributed by atoms with van der Waals surface area (Å²) in [5.41, 5.74) is 1.50. The molecule has 0 aromatic rings. The molecule has 0 aromatic carbocycles. The number of fused-ring (bicyclic) bond motifs is 1. The van der Waals surface area contributed by atoms with Crippen molar-refractivity contribution >= 4 is 0 Å². The zero-order chi connectivity index (χ0) is 8.39. The molecule has 12 heavy (non-hydrogen) atoms. The van der Waals surface area contributed by atoms with Gasteiger partial charge in [0.1, 0.15) is 6.10 Å². The third-order valence-corrected chi connectivity index (χ3v) is 2.89. The van der Waals surface area contributed by atoms with Gasteiger partial charge >= 0.3 is 0 Å². The molecule has 3 heteroatoms. The van der Waals surface area contributed by atoms with Crippen LogP contribution in [0.5, 0.6) is 0 Å². The summed E-state index contributed by atoms with van der Waals surface area (Å²) in [7, 11) is 0. The molecule has 2 atom stereocenters. The van der Waals surface area contributed by atoms with E-state index in [0.717, 1.165) is 12.8 Å². The van der Waals surface area contributed by atoms with Crippen molar-refractivity contribution < 1.29 is 4.84 Å². The second-order valence-electron chi connectivity index (χ2n) is 3.65. The van der Waals surface area contributed by atoms with Crippen LogP contribution in [0.4, 0.5) is 0 Å². The average Bonchev–Trinajstić information content (AvgIpc) is 2.47. The summed E-state index contributed by atoms with van der Waals surface area (Å²) < 4.78 is 0. The van der Waals surface area contributed by atoms with E-state index in [-0.39, 0.29) is 6.10 Å². The molecule has 1 saturated carbocycles. The summed E-state index contributed by atoms with van der Waals surface area (Å²) in [4.78, 5) is 14.6. The van der Waals surface area contributed by atoms with Crippen LogP contribution < -0.4 is 0 Å². The molecular formula is C9H13NO2. The SMILES string of the molecule is O=NOC1CC2=CCCCC2C1. The fourth-order valence-electron chi connectivity index (χ4n) is 2.33. The van der Waals surface area contributed by atoms with Gasteiger partial charge in [-0.3, -0.25) is 0 Å². The second-order valence-corrected chi connectivity index (χ2v) is 3.65. The van der Waals surface area contributed by atoms with Crippen molar-refractivity contribution in [2.45, 2.75) is 38.2 Å². The summed E-state index contributed by atoms with van der Waals surface area (Å²) in [5.74, 6) is 0.686. The Morgan fingerprint density at radius 3 is 3.25 bits per heavy atom. The van der Waals surface area contributed by atoms with Gasteiger partial charge in [-0.15, -0.1) is 4.91 Å². The molecule has 0 spiro atoms. The highest BCUT2D eigenvalue weighted by molar-refractivity contribution is 5.16. The first kappa shape index (κ1) is 7.77. The van der Waals surface area contributed by atoms with Crippen molar-refractivity contribution in [3.8, 4) is 0 Å². The lowest BCUT2D eigenvalue weighted by Crippen LogP contribution is -2.04. The minimum absolute atomic E-state index is 0.0665. The first-order chi connectivity index (χ1) is 5.90. The molecule has 2 rings (SSSR count). The maximum atomic E-state index is 9.87. The molecule has 0 saturated heterocycles. The van der Waals surface area contributed by atoms with E-state index in [0.29, 0.717) is 5.92 Å². The third-order valence-electron chi connectivity index (χ3n) is 2.89. The molecule has 3 nitrogen and oxygen atoms in total. The van der Waals surface area contributed by atoms with Crippen molar-refractivity contribution in [2.75, 3.05) is 0 Å². The largest absolute Gasteiger partial charge is 0.360 e. The fraction of sp³-hybridized carbons (Fsp3) is 0.778. The lowest BCUT2D eigenvalue weighted by molar-refractivity contribution is 0.0584. The van der Waals surface area contributed by atoms with E-state index in [9.17, 15) is 4.91 Å². The van der Waals surface area contributed by atoms with E-state index in [2.05, 4.69) is 11.4 Å². The number of hydrogen-bond acceptors (Lipinski definition) is 3. The predicted octanol–water partition coefficient (Wildman–Crippen LogP) is 2.57. The fourth-order valence-corrected chi connectivity index (χ4v) is 2.33. The zero-order valence-electron chi connectivity index (χ0n) is 7.03. The van der Waals surface area contributed by atoms with E-state index >= 15 is 0 Å². The summed E-state index contributed by atoms with van der Waals surface area (Å²) in [6.45, 7) is 0. The van der Waals surface area contributed by atoms with Crippen molar-refractivity contribution in [1.29, 1.82) is 0 Å². The molecule has 0 N–H and O–H groups in total. The van der Waals surface area contributed by atoms with Crippen LogP contribution in [0.15, 0.2) is 17.0 Å². The molecule has 0 radical (unpaired) electrons. The summed E-state index contributed by atoms with van der Waals surface area (Å²) in [6.07, 6.45) is 8.06. The highest BCUT2D eigenvalue weighted by Crippen LogP contribution is 2.39. The van der Waals surface area contributed by atoms with Gasteiger partial charge in [0.15, 0.2) is 5.34 Å². The highest BCUT2D eigenvalue weighted by Gasteiger charge is 2.31. The number of rotatable bonds is 2. The molecule has 2 unspecified atom stereocenters. The Morgan fingerprint density at radius 1 is 1.58 bits per heavy atom. The van der Waals surface area contributed by atoms with Crippen molar-refractivity contribution in [3.05, 3.63) is 16.6 Å². The van der Waals surface area contributed by atoms with Gasteiger partial charge in [-0.05, 0) is 31.6 Å².